The predicted molar refractivity (Wildman–Crippen MR) is 124 cm³/mol. The summed E-state index contributed by atoms with van der Waals surface area (Å²) in [7, 11) is 0. The maximum atomic E-state index is 13.0. The van der Waals surface area contributed by atoms with E-state index in [0.717, 1.165) is 21.8 Å². The first-order valence-corrected chi connectivity index (χ1v) is 12.1. The van der Waals surface area contributed by atoms with Crippen molar-refractivity contribution in [3.05, 3.63) is 70.9 Å². The Labute approximate surface area is 182 Å². The van der Waals surface area contributed by atoms with E-state index in [1.807, 2.05) is 42.5 Å². The van der Waals surface area contributed by atoms with Crippen molar-refractivity contribution < 1.29 is 9.53 Å². The van der Waals surface area contributed by atoms with E-state index in [4.69, 9.17) is 9.72 Å². The Morgan fingerprint density at radius 2 is 2.00 bits per heavy atom. The fraction of sp³-hybridized carbons (Fsp3) is 0.182. The number of aromatic nitrogens is 1. The van der Waals surface area contributed by atoms with Gasteiger partial charge >= 0.3 is 0 Å². The summed E-state index contributed by atoms with van der Waals surface area (Å²) in [6, 6.07) is 19.8. The first-order chi connectivity index (χ1) is 14.2. The number of amides is 1. The Kier molecular flexibility index (Phi) is 6.49. The molecule has 7 heteroatoms. The molecule has 148 valence electrons. The van der Waals surface area contributed by atoms with Crippen LogP contribution in [0.3, 0.4) is 0 Å². The molecule has 0 aliphatic carbocycles. The van der Waals surface area contributed by atoms with Crippen LogP contribution < -0.4 is 9.64 Å². The zero-order valence-corrected chi connectivity index (χ0v) is 18.4. The fourth-order valence-corrected chi connectivity index (χ4v) is 5.14. The van der Waals surface area contributed by atoms with Gasteiger partial charge in [-0.3, -0.25) is 9.69 Å². The van der Waals surface area contributed by atoms with Crippen LogP contribution in [-0.4, -0.2) is 30.3 Å². The number of fused-ring (bicyclic) bond motifs is 1. The minimum absolute atomic E-state index is 0.0135. The molecule has 0 spiro atoms. The number of carbonyl (C=O) groups excluding carboxylic acids is 1. The molecule has 0 unspecified atom stereocenters. The van der Waals surface area contributed by atoms with Crippen LogP contribution in [0.4, 0.5) is 5.13 Å². The molecule has 0 aliphatic heterocycles. The van der Waals surface area contributed by atoms with E-state index < -0.39 is 0 Å². The lowest BCUT2D eigenvalue weighted by atomic mass is 10.3. The van der Waals surface area contributed by atoms with Gasteiger partial charge in [0.15, 0.2) is 11.7 Å². The second kappa shape index (κ2) is 9.43. The number of thiazole rings is 1. The summed E-state index contributed by atoms with van der Waals surface area (Å²) in [6.07, 6.45) is 2.85. The Bertz CT molecular complexity index is 1080. The molecule has 0 bridgehead atoms. The van der Waals surface area contributed by atoms with Gasteiger partial charge in [0.25, 0.3) is 5.91 Å². The van der Waals surface area contributed by atoms with Crippen molar-refractivity contribution in [2.45, 2.75) is 11.3 Å². The number of para-hydroxylation sites is 1. The van der Waals surface area contributed by atoms with Crippen molar-refractivity contribution in [2.75, 3.05) is 24.3 Å². The number of carbonyl (C=O) groups is 1. The number of nitrogens with zero attached hydrogens (tertiary/aromatic N) is 2. The summed E-state index contributed by atoms with van der Waals surface area (Å²) < 4.78 is 6.79. The van der Waals surface area contributed by atoms with E-state index in [-0.39, 0.29) is 12.5 Å². The lowest BCUT2D eigenvalue weighted by molar-refractivity contribution is -0.120. The second-order valence-corrected chi connectivity index (χ2v) is 9.23. The smallest absolute Gasteiger partial charge is 0.266 e. The molecule has 2 aromatic heterocycles. The molecule has 0 saturated heterocycles. The van der Waals surface area contributed by atoms with E-state index in [1.54, 1.807) is 39.3 Å². The number of anilines is 1. The van der Waals surface area contributed by atoms with Crippen LogP contribution in [0.2, 0.25) is 0 Å². The molecule has 0 aliphatic rings. The Balaban J connectivity index is 1.56. The summed E-state index contributed by atoms with van der Waals surface area (Å²) in [5, 5.41) is 2.78. The summed E-state index contributed by atoms with van der Waals surface area (Å²) in [4.78, 5) is 22.0. The quantitative estimate of drug-likeness (QED) is 0.328. The standard InChI is InChI=1S/C22H20N2O2S3/c1-27-18-9-10-19-20(14-18)29-22(23-19)24(12-11-17-8-5-13-28-17)21(25)15-26-16-6-3-2-4-7-16/h2-10,13-14H,11-12,15H2,1H3. The topological polar surface area (TPSA) is 42.4 Å². The number of hydrogen-bond donors (Lipinski definition) is 0. The third kappa shape index (κ3) is 4.98. The van der Waals surface area contributed by atoms with Gasteiger partial charge in [-0.05, 0) is 54.5 Å². The van der Waals surface area contributed by atoms with Gasteiger partial charge < -0.3 is 4.74 Å². The van der Waals surface area contributed by atoms with E-state index in [0.29, 0.717) is 12.3 Å². The van der Waals surface area contributed by atoms with Crippen LogP contribution in [0, 0.1) is 0 Å². The van der Waals surface area contributed by atoms with Gasteiger partial charge in [0, 0.05) is 16.3 Å². The lowest BCUT2D eigenvalue weighted by Crippen LogP contribution is -2.36. The molecule has 0 atom stereocenters. The molecule has 0 radical (unpaired) electrons. The predicted octanol–water partition coefficient (Wildman–Crippen LogP) is 5.73. The number of rotatable bonds is 8. The zero-order valence-electron chi connectivity index (χ0n) is 15.9. The third-order valence-corrected chi connectivity index (χ3v) is 7.09. The van der Waals surface area contributed by atoms with E-state index in [1.165, 1.54) is 9.77 Å². The van der Waals surface area contributed by atoms with Crippen molar-refractivity contribution in [3.8, 4) is 5.75 Å². The average molecular weight is 441 g/mol. The first-order valence-electron chi connectivity index (χ1n) is 9.18. The van der Waals surface area contributed by atoms with Gasteiger partial charge in [0.05, 0.1) is 10.2 Å². The normalized spacial score (nSPS) is 10.9. The molecule has 4 nitrogen and oxygen atoms in total. The van der Waals surface area contributed by atoms with Crippen LogP contribution in [0.15, 0.2) is 70.9 Å². The van der Waals surface area contributed by atoms with Crippen molar-refractivity contribution in [1.29, 1.82) is 0 Å². The number of benzene rings is 2. The Morgan fingerprint density at radius 1 is 1.14 bits per heavy atom. The monoisotopic (exact) mass is 440 g/mol. The second-order valence-electron chi connectivity index (χ2n) is 6.31. The summed E-state index contributed by atoms with van der Waals surface area (Å²) >= 11 is 4.96. The molecule has 29 heavy (non-hydrogen) atoms. The minimum atomic E-state index is -0.0884. The van der Waals surface area contributed by atoms with Gasteiger partial charge in [-0.2, -0.15) is 0 Å². The number of thiophene rings is 1. The van der Waals surface area contributed by atoms with Gasteiger partial charge in [-0.15, -0.1) is 23.1 Å². The average Bonchev–Trinajstić information content (AvgIpc) is 3.42. The number of thioether (sulfide) groups is 1. The first kappa shape index (κ1) is 19.9. The third-order valence-electron chi connectivity index (χ3n) is 4.38. The summed E-state index contributed by atoms with van der Waals surface area (Å²) in [5.41, 5.74) is 0.917. The summed E-state index contributed by atoms with van der Waals surface area (Å²) in [6.45, 7) is 0.563. The van der Waals surface area contributed by atoms with Gasteiger partial charge in [-0.25, -0.2) is 4.98 Å². The fourth-order valence-electron chi connectivity index (χ4n) is 2.88. The Morgan fingerprint density at radius 3 is 2.76 bits per heavy atom. The maximum Gasteiger partial charge on any atom is 0.266 e. The molecule has 0 N–H and O–H groups in total. The maximum absolute atomic E-state index is 13.0. The highest BCUT2D eigenvalue weighted by Crippen LogP contribution is 2.32. The van der Waals surface area contributed by atoms with E-state index in [2.05, 4.69) is 29.8 Å². The van der Waals surface area contributed by atoms with Crippen molar-refractivity contribution in [2.24, 2.45) is 0 Å². The molecule has 2 heterocycles. The highest BCUT2D eigenvalue weighted by molar-refractivity contribution is 7.98. The highest BCUT2D eigenvalue weighted by atomic mass is 32.2. The van der Waals surface area contributed by atoms with Gasteiger partial charge in [0.1, 0.15) is 5.75 Å². The molecule has 0 saturated carbocycles. The molecule has 2 aromatic carbocycles. The van der Waals surface area contributed by atoms with Crippen LogP contribution in [0.5, 0.6) is 5.75 Å². The van der Waals surface area contributed by atoms with E-state index >= 15 is 0 Å². The van der Waals surface area contributed by atoms with Crippen molar-refractivity contribution >= 4 is 55.7 Å². The summed E-state index contributed by atoms with van der Waals surface area (Å²) in [5.74, 6) is 0.600. The minimum Gasteiger partial charge on any atom is -0.484 e. The highest BCUT2D eigenvalue weighted by Gasteiger charge is 2.20. The number of hydrogen-bond acceptors (Lipinski definition) is 6. The largest absolute Gasteiger partial charge is 0.484 e. The lowest BCUT2D eigenvalue weighted by Gasteiger charge is -2.19. The molecule has 4 rings (SSSR count). The van der Waals surface area contributed by atoms with Crippen LogP contribution in [0.1, 0.15) is 4.88 Å². The Hall–Kier alpha value is -2.35. The molecule has 1 amide bonds. The van der Waals surface area contributed by atoms with Crippen LogP contribution >= 0.6 is 34.4 Å². The van der Waals surface area contributed by atoms with Crippen molar-refractivity contribution in [1.82, 2.24) is 4.98 Å². The van der Waals surface area contributed by atoms with Gasteiger partial charge in [-0.1, -0.05) is 35.6 Å². The number of ether oxygens (including phenoxy) is 1. The van der Waals surface area contributed by atoms with E-state index in [9.17, 15) is 4.79 Å². The van der Waals surface area contributed by atoms with Gasteiger partial charge in [0.2, 0.25) is 0 Å². The molecule has 4 aromatic rings. The molecular formula is C22H20N2O2S3. The van der Waals surface area contributed by atoms with Crippen LogP contribution in [0.25, 0.3) is 10.2 Å². The SMILES string of the molecule is CSc1ccc2nc(N(CCc3cccs3)C(=O)COc3ccccc3)sc2c1. The van der Waals surface area contributed by atoms with Crippen molar-refractivity contribution in [3.63, 3.8) is 0 Å². The molecule has 0 fully saturated rings. The zero-order chi connectivity index (χ0) is 20.1. The van der Waals surface area contributed by atoms with Crippen LogP contribution in [-0.2, 0) is 11.2 Å². The molecular weight excluding hydrogens is 420 g/mol.